The highest BCUT2D eigenvalue weighted by Gasteiger charge is 2.17. The number of hydrogen-bond donors (Lipinski definition) is 0. The third-order valence-corrected chi connectivity index (χ3v) is 7.32. The molecule has 0 fully saturated rings. The molecule has 0 aliphatic rings. The molecule has 0 aliphatic carbocycles. The standard InChI is InChI=1S/C11H5Br3Cl2S/c12-7-4-9(17-11(7)14)10(13)6-2-1-5(15)3-8(6)16/h1-4,10H. The van der Waals surface area contributed by atoms with E-state index >= 15 is 0 Å². The maximum Gasteiger partial charge on any atom is 0.0843 e. The molecule has 0 aliphatic heterocycles. The van der Waals surface area contributed by atoms with Crippen molar-refractivity contribution in [2.24, 2.45) is 0 Å². The highest BCUT2D eigenvalue weighted by atomic mass is 79.9. The molecule has 6 heteroatoms. The highest BCUT2D eigenvalue weighted by molar-refractivity contribution is 9.13. The first-order valence-corrected chi connectivity index (χ1v) is 8.60. The predicted molar refractivity (Wildman–Crippen MR) is 87.0 cm³/mol. The predicted octanol–water partition coefficient (Wildman–Crippen LogP) is 7.06. The van der Waals surface area contributed by atoms with E-state index < -0.39 is 0 Å². The Balaban J connectivity index is 2.39. The van der Waals surface area contributed by atoms with Crippen LogP contribution in [0.1, 0.15) is 15.3 Å². The normalized spacial score (nSPS) is 12.8. The summed E-state index contributed by atoms with van der Waals surface area (Å²) in [4.78, 5) is 1.24. The molecule has 1 atom stereocenters. The van der Waals surface area contributed by atoms with Crippen LogP contribution >= 0.6 is 82.3 Å². The maximum atomic E-state index is 6.19. The Hall–Kier alpha value is 0.940. The minimum atomic E-state index is 0.0693. The molecule has 0 radical (unpaired) electrons. The second kappa shape index (κ2) is 5.93. The summed E-state index contributed by atoms with van der Waals surface area (Å²) in [5, 5.41) is 1.31. The maximum absolute atomic E-state index is 6.19. The van der Waals surface area contributed by atoms with Crippen molar-refractivity contribution in [1.82, 2.24) is 0 Å². The lowest BCUT2D eigenvalue weighted by Gasteiger charge is -2.10. The molecule has 17 heavy (non-hydrogen) atoms. The van der Waals surface area contributed by atoms with Gasteiger partial charge in [-0.2, -0.15) is 0 Å². The molecule has 2 rings (SSSR count). The molecule has 1 unspecified atom stereocenters. The van der Waals surface area contributed by atoms with Crippen LogP contribution in [0.3, 0.4) is 0 Å². The van der Waals surface area contributed by atoms with Crippen LogP contribution in [0.25, 0.3) is 0 Å². The van der Waals surface area contributed by atoms with Crippen LogP contribution in [0.2, 0.25) is 10.0 Å². The molecule has 90 valence electrons. The molecule has 1 aromatic heterocycles. The minimum Gasteiger partial charge on any atom is -0.131 e. The third-order valence-electron chi connectivity index (χ3n) is 2.15. The monoisotopic (exact) mass is 476 g/mol. The smallest absolute Gasteiger partial charge is 0.0843 e. The summed E-state index contributed by atoms with van der Waals surface area (Å²) < 4.78 is 2.12. The van der Waals surface area contributed by atoms with Gasteiger partial charge in [0.05, 0.1) is 8.61 Å². The number of rotatable bonds is 2. The van der Waals surface area contributed by atoms with Crippen molar-refractivity contribution in [2.75, 3.05) is 0 Å². The molecule has 0 nitrogen and oxygen atoms in total. The number of benzene rings is 1. The van der Waals surface area contributed by atoms with Gasteiger partial charge >= 0.3 is 0 Å². The average molecular weight is 480 g/mol. The van der Waals surface area contributed by atoms with Gasteiger partial charge in [-0.05, 0) is 55.6 Å². The summed E-state index contributed by atoms with van der Waals surface area (Å²) in [6.45, 7) is 0. The molecule has 2 aromatic rings. The quantitative estimate of drug-likeness (QED) is 0.404. The van der Waals surface area contributed by atoms with Crippen molar-refractivity contribution in [1.29, 1.82) is 0 Å². The van der Waals surface area contributed by atoms with E-state index in [0.717, 1.165) is 13.8 Å². The van der Waals surface area contributed by atoms with Gasteiger partial charge in [0.2, 0.25) is 0 Å². The first-order valence-electron chi connectivity index (χ1n) is 4.53. The van der Waals surface area contributed by atoms with Crippen molar-refractivity contribution >= 4 is 82.3 Å². The Morgan fingerprint density at radius 2 is 1.82 bits per heavy atom. The van der Waals surface area contributed by atoms with Crippen molar-refractivity contribution in [3.8, 4) is 0 Å². The lowest BCUT2D eigenvalue weighted by molar-refractivity contribution is 1.22. The van der Waals surface area contributed by atoms with Crippen LogP contribution in [0.15, 0.2) is 32.5 Å². The Morgan fingerprint density at radius 1 is 1.12 bits per heavy atom. The van der Waals surface area contributed by atoms with E-state index in [-0.39, 0.29) is 4.83 Å². The van der Waals surface area contributed by atoms with Gasteiger partial charge in [0, 0.05) is 19.4 Å². The fourth-order valence-electron chi connectivity index (χ4n) is 1.35. The van der Waals surface area contributed by atoms with Crippen molar-refractivity contribution in [3.05, 3.63) is 53.0 Å². The van der Waals surface area contributed by atoms with E-state index in [1.165, 1.54) is 4.88 Å². The van der Waals surface area contributed by atoms with E-state index in [1.807, 2.05) is 12.1 Å². The molecule has 1 aromatic carbocycles. The average Bonchev–Trinajstić information content (AvgIpc) is 2.58. The van der Waals surface area contributed by atoms with Crippen LogP contribution < -0.4 is 0 Å². The summed E-state index contributed by atoms with van der Waals surface area (Å²) in [6, 6.07) is 7.60. The van der Waals surface area contributed by atoms with Crippen LogP contribution in [0.5, 0.6) is 0 Å². The lowest BCUT2D eigenvalue weighted by atomic mass is 10.1. The summed E-state index contributed by atoms with van der Waals surface area (Å²) in [5.74, 6) is 0. The van der Waals surface area contributed by atoms with Gasteiger partial charge in [0.15, 0.2) is 0 Å². The van der Waals surface area contributed by atoms with Gasteiger partial charge in [-0.25, -0.2) is 0 Å². The zero-order valence-corrected chi connectivity index (χ0v) is 15.3. The highest BCUT2D eigenvalue weighted by Crippen LogP contribution is 2.43. The van der Waals surface area contributed by atoms with Crippen molar-refractivity contribution < 1.29 is 0 Å². The first-order chi connectivity index (χ1) is 7.99. The largest absolute Gasteiger partial charge is 0.131 e. The molecule has 0 saturated carbocycles. The van der Waals surface area contributed by atoms with Crippen LogP contribution in [-0.2, 0) is 0 Å². The van der Waals surface area contributed by atoms with Gasteiger partial charge in [-0.15, -0.1) is 11.3 Å². The zero-order chi connectivity index (χ0) is 12.6. The Labute approximate surface area is 139 Å². The van der Waals surface area contributed by atoms with Gasteiger partial charge in [0.1, 0.15) is 0 Å². The second-order valence-corrected chi connectivity index (χ2v) is 8.31. The van der Waals surface area contributed by atoms with Gasteiger partial charge in [-0.3, -0.25) is 0 Å². The third kappa shape index (κ3) is 3.28. The number of thiophene rings is 1. The van der Waals surface area contributed by atoms with E-state index in [9.17, 15) is 0 Å². The van der Waals surface area contributed by atoms with E-state index in [1.54, 1.807) is 17.4 Å². The molecule has 0 amide bonds. The summed E-state index contributed by atoms with van der Waals surface area (Å²) >= 11 is 24.4. The van der Waals surface area contributed by atoms with E-state index in [4.69, 9.17) is 23.2 Å². The van der Waals surface area contributed by atoms with E-state index in [0.29, 0.717) is 10.0 Å². The zero-order valence-electron chi connectivity index (χ0n) is 8.18. The van der Waals surface area contributed by atoms with Crippen LogP contribution in [-0.4, -0.2) is 0 Å². The fraction of sp³-hybridized carbons (Fsp3) is 0.0909. The van der Waals surface area contributed by atoms with Crippen LogP contribution in [0.4, 0.5) is 0 Å². The first kappa shape index (κ1) is 14.4. The molecule has 1 heterocycles. The molecular weight excluding hydrogens is 475 g/mol. The SMILES string of the molecule is Clc1ccc(C(Br)c2cc(Br)c(Br)s2)c(Cl)c1. The molecule has 0 saturated heterocycles. The lowest BCUT2D eigenvalue weighted by Crippen LogP contribution is -1.90. The topological polar surface area (TPSA) is 0 Å². The Morgan fingerprint density at radius 3 is 2.35 bits per heavy atom. The van der Waals surface area contributed by atoms with Crippen molar-refractivity contribution in [3.63, 3.8) is 0 Å². The molecule has 0 spiro atoms. The fourth-order valence-corrected chi connectivity index (χ4v) is 4.90. The van der Waals surface area contributed by atoms with Gasteiger partial charge in [-0.1, -0.05) is 45.2 Å². The van der Waals surface area contributed by atoms with Crippen molar-refractivity contribution in [2.45, 2.75) is 4.83 Å². The minimum absolute atomic E-state index is 0.0693. The van der Waals surface area contributed by atoms with Gasteiger partial charge < -0.3 is 0 Å². The summed E-state index contributed by atoms with van der Waals surface area (Å²) in [6.07, 6.45) is 0. The summed E-state index contributed by atoms with van der Waals surface area (Å²) in [5.41, 5.74) is 1.01. The summed E-state index contributed by atoms with van der Waals surface area (Å²) in [7, 11) is 0. The van der Waals surface area contributed by atoms with Crippen LogP contribution in [0, 0.1) is 0 Å². The Kier molecular flexibility index (Phi) is 5.01. The van der Waals surface area contributed by atoms with Gasteiger partial charge in [0.25, 0.3) is 0 Å². The number of hydrogen-bond acceptors (Lipinski definition) is 1. The second-order valence-electron chi connectivity index (χ2n) is 3.30. The number of halogens is 5. The molecular formula is C11H5Br3Cl2S. The molecule has 0 bridgehead atoms. The van der Waals surface area contributed by atoms with E-state index in [2.05, 4.69) is 53.9 Å². The Bertz CT molecular complexity index is 534. The number of alkyl halides is 1. The molecule has 0 N–H and O–H groups in total.